The number of aliphatic hydroxyl groups is 1. The Kier molecular flexibility index (Phi) is 4.92. The summed E-state index contributed by atoms with van der Waals surface area (Å²) < 4.78 is 17.9. The molecule has 1 saturated carbocycles. The topological polar surface area (TPSA) is 65.0 Å². The van der Waals surface area contributed by atoms with Gasteiger partial charge in [-0.3, -0.25) is 4.79 Å². The average molecular weight is 457 g/mol. The third kappa shape index (κ3) is 3.38. The van der Waals surface area contributed by atoms with E-state index in [-0.39, 0.29) is 18.3 Å². The number of rotatable bonds is 6. The van der Waals surface area contributed by atoms with Gasteiger partial charge in [-0.2, -0.15) is 0 Å². The summed E-state index contributed by atoms with van der Waals surface area (Å²) in [6.07, 6.45) is 2.34. The van der Waals surface area contributed by atoms with Crippen molar-refractivity contribution in [2.45, 2.75) is 51.2 Å². The molecule has 0 amide bonds. The van der Waals surface area contributed by atoms with Crippen LogP contribution in [0.4, 0.5) is 0 Å². The van der Waals surface area contributed by atoms with Crippen LogP contribution < -0.4 is 14.2 Å². The van der Waals surface area contributed by atoms with Gasteiger partial charge in [0.1, 0.15) is 23.9 Å². The molecule has 0 aromatic heterocycles. The number of hydrogen-bond acceptors (Lipinski definition) is 5. The van der Waals surface area contributed by atoms with Crippen molar-refractivity contribution in [1.29, 1.82) is 0 Å². The minimum atomic E-state index is -0.578. The molecule has 1 aliphatic carbocycles. The summed E-state index contributed by atoms with van der Waals surface area (Å²) in [5.74, 6) is 2.73. The molecule has 1 atom stereocenters. The summed E-state index contributed by atoms with van der Waals surface area (Å²) in [6.45, 7) is 5.30. The molecule has 1 unspecified atom stereocenters. The number of aryl methyl sites for hydroxylation is 1. The van der Waals surface area contributed by atoms with Crippen LogP contribution >= 0.6 is 0 Å². The summed E-state index contributed by atoms with van der Waals surface area (Å²) in [4.78, 5) is 13.0. The van der Waals surface area contributed by atoms with Gasteiger partial charge in [-0.05, 0) is 79.1 Å². The van der Waals surface area contributed by atoms with Gasteiger partial charge in [0.15, 0.2) is 5.60 Å². The molecule has 2 aliphatic heterocycles. The lowest BCUT2D eigenvalue weighted by Crippen LogP contribution is -2.22. The molecular weight excluding hydrogens is 428 g/mol. The highest BCUT2D eigenvalue weighted by Gasteiger charge is 2.58. The van der Waals surface area contributed by atoms with Crippen LogP contribution in [0.1, 0.15) is 57.8 Å². The second-order valence-corrected chi connectivity index (χ2v) is 9.70. The van der Waals surface area contributed by atoms with Crippen molar-refractivity contribution in [3.05, 3.63) is 76.3 Å². The van der Waals surface area contributed by atoms with Gasteiger partial charge >= 0.3 is 0 Å². The first-order valence-corrected chi connectivity index (χ1v) is 12.0. The van der Waals surface area contributed by atoms with Gasteiger partial charge < -0.3 is 19.3 Å². The third-order valence-corrected chi connectivity index (χ3v) is 7.35. The van der Waals surface area contributed by atoms with E-state index in [1.54, 1.807) is 0 Å². The fourth-order valence-electron chi connectivity index (χ4n) is 5.41. The van der Waals surface area contributed by atoms with E-state index in [4.69, 9.17) is 14.2 Å². The fourth-order valence-corrected chi connectivity index (χ4v) is 5.41. The van der Waals surface area contributed by atoms with E-state index in [9.17, 15) is 9.90 Å². The Bertz CT molecular complexity index is 1300. The van der Waals surface area contributed by atoms with Crippen LogP contribution in [-0.2, 0) is 6.61 Å². The van der Waals surface area contributed by atoms with Crippen LogP contribution in [0.15, 0.2) is 48.5 Å². The zero-order valence-corrected chi connectivity index (χ0v) is 19.5. The van der Waals surface area contributed by atoms with Crippen molar-refractivity contribution >= 4 is 5.78 Å². The van der Waals surface area contributed by atoms with Crippen molar-refractivity contribution in [2.24, 2.45) is 0 Å². The molecule has 0 radical (unpaired) electrons. The molecule has 0 saturated heterocycles. The van der Waals surface area contributed by atoms with Gasteiger partial charge in [-0.25, -0.2) is 0 Å². The highest BCUT2D eigenvalue weighted by molar-refractivity contribution is 6.11. The largest absolute Gasteiger partial charge is 0.493 e. The number of carbonyl (C=O) groups excluding carboxylic acids is 1. The van der Waals surface area contributed by atoms with Gasteiger partial charge in [0.2, 0.25) is 5.78 Å². The van der Waals surface area contributed by atoms with Crippen LogP contribution in [-0.4, -0.2) is 29.7 Å². The molecule has 1 fully saturated rings. The van der Waals surface area contributed by atoms with Crippen LogP contribution in [0, 0.1) is 13.8 Å². The highest BCUT2D eigenvalue weighted by atomic mass is 16.5. The Hall–Kier alpha value is -3.31. The maximum absolute atomic E-state index is 13.0. The standard InChI is InChI=1S/C29H28O5/c1-17-12-25-27(28(31)29(34-25)9-10-29)18(2)26(17)20-5-3-4-19(13-20)15-32-22-6-7-23-21(8-11-30)16-33-24(23)14-22/h3-7,12-14,21,30H,8-11,15-16H2,1-2H3. The molecule has 2 heterocycles. The molecule has 5 heteroatoms. The Morgan fingerprint density at radius 3 is 2.71 bits per heavy atom. The summed E-state index contributed by atoms with van der Waals surface area (Å²) in [5, 5.41) is 9.24. The number of ketones is 1. The number of benzene rings is 3. The summed E-state index contributed by atoms with van der Waals surface area (Å²) in [6, 6.07) is 16.3. The summed E-state index contributed by atoms with van der Waals surface area (Å²) in [7, 11) is 0. The Balaban J connectivity index is 1.24. The van der Waals surface area contributed by atoms with Crippen LogP contribution in [0.25, 0.3) is 11.1 Å². The summed E-state index contributed by atoms with van der Waals surface area (Å²) >= 11 is 0. The number of carbonyl (C=O) groups is 1. The average Bonchev–Trinajstić information content (AvgIpc) is 3.42. The zero-order valence-electron chi connectivity index (χ0n) is 19.5. The van der Waals surface area contributed by atoms with Crippen LogP contribution in [0.2, 0.25) is 0 Å². The third-order valence-electron chi connectivity index (χ3n) is 7.35. The molecule has 3 aromatic carbocycles. The molecule has 3 aliphatic rings. The molecule has 174 valence electrons. The predicted octanol–water partition coefficient (Wildman–Crippen LogP) is 5.52. The van der Waals surface area contributed by atoms with Gasteiger partial charge in [0, 0.05) is 24.2 Å². The lowest BCUT2D eigenvalue weighted by atomic mass is 9.89. The smallest absolute Gasteiger partial charge is 0.210 e. The van der Waals surface area contributed by atoms with E-state index in [2.05, 4.69) is 25.1 Å². The summed E-state index contributed by atoms with van der Waals surface area (Å²) in [5.41, 5.74) is 6.63. The van der Waals surface area contributed by atoms with E-state index in [0.717, 1.165) is 69.0 Å². The highest BCUT2D eigenvalue weighted by Crippen LogP contribution is 2.52. The first kappa shape index (κ1) is 21.2. The lowest BCUT2D eigenvalue weighted by Gasteiger charge is -2.15. The lowest BCUT2D eigenvalue weighted by molar-refractivity contribution is 0.0820. The SMILES string of the molecule is Cc1cc2c(c(C)c1-c1cccc(COc3ccc4c(c3)OCC4CCO)c1)C(=O)C1(CC1)O2. The van der Waals surface area contributed by atoms with Crippen LogP contribution in [0.5, 0.6) is 17.2 Å². The van der Waals surface area contributed by atoms with E-state index < -0.39 is 5.60 Å². The van der Waals surface area contributed by atoms with Gasteiger partial charge in [0.05, 0.1) is 12.2 Å². The second-order valence-electron chi connectivity index (χ2n) is 9.70. The van der Waals surface area contributed by atoms with Crippen molar-refractivity contribution in [1.82, 2.24) is 0 Å². The molecule has 6 rings (SSSR count). The first-order valence-electron chi connectivity index (χ1n) is 12.0. The van der Waals surface area contributed by atoms with E-state index in [1.165, 1.54) is 0 Å². The zero-order chi connectivity index (χ0) is 23.4. The number of fused-ring (bicyclic) bond motifs is 2. The van der Waals surface area contributed by atoms with Crippen molar-refractivity contribution < 1.29 is 24.1 Å². The molecule has 1 N–H and O–H groups in total. The minimum Gasteiger partial charge on any atom is -0.493 e. The normalized spacial score (nSPS) is 18.9. The monoisotopic (exact) mass is 456 g/mol. The number of ether oxygens (including phenoxy) is 3. The number of aliphatic hydroxyl groups excluding tert-OH is 1. The first-order chi connectivity index (χ1) is 16.5. The Labute approximate surface area is 199 Å². The minimum absolute atomic E-state index is 0.140. The Morgan fingerprint density at radius 1 is 1.06 bits per heavy atom. The number of Topliss-reactive ketones (excluding diaryl/α,β-unsaturated/α-hetero) is 1. The van der Waals surface area contributed by atoms with Crippen LogP contribution in [0.3, 0.4) is 0 Å². The molecule has 3 aromatic rings. The molecule has 5 nitrogen and oxygen atoms in total. The predicted molar refractivity (Wildman–Crippen MR) is 129 cm³/mol. The molecular formula is C29H28O5. The fraction of sp³-hybridized carbons (Fsp3) is 0.345. The molecule has 1 spiro atoms. The quantitative estimate of drug-likeness (QED) is 0.529. The van der Waals surface area contributed by atoms with Crippen molar-refractivity contribution in [2.75, 3.05) is 13.2 Å². The Morgan fingerprint density at radius 2 is 1.91 bits per heavy atom. The second kappa shape index (κ2) is 7.88. The van der Waals surface area contributed by atoms with Gasteiger partial charge in [-0.1, -0.05) is 24.3 Å². The van der Waals surface area contributed by atoms with E-state index in [1.807, 2.05) is 37.3 Å². The maximum Gasteiger partial charge on any atom is 0.210 e. The van der Waals surface area contributed by atoms with Gasteiger partial charge in [-0.15, -0.1) is 0 Å². The van der Waals surface area contributed by atoms with Crippen molar-refractivity contribution in [3.8, 4) is 28.4 Å². The van der Waals surface area contributed by atoms with Crippen molar-refractivity contribution in [3.63, 3.8) is 0 Å². The maximum atomic E-state index is 13.0. The van der Waals surface area contributed by atoms with Gasteiger partial charge in [0.25, 0.3) is 0 Å². The van der Waals surface area contributed by atoms with E-state index >= 15 is 0 Å². The van der Waals surface area contributed by atoms with E-state index in [0.29, 0.717) is 19.6 Å². The number of hydrogen-bond donors (Lipinski definition) is 1. The molecule has 0 bridgehead atoms. The molecule has 34 heavy (non-hydrogen) atoms.